The van der Waals surface area contributed by atoms with Crippen LogP contribution >= 0.6 is 0 Å². The molecule has 0 spiro atoms. The molecule has 94 valence electrons. The fourth-order valence-corrected chi connectivity index (χ4v) is 2.23. The molecule has 1 saturated heterocycles. The fourth-order valence-electron chi connectivity index (χ4n) is 2.23. The summed E-state index contributed by atoms with van der Waals surface area (Å²) in [7, 11) is 0. The number of aliphatic hydroxyl groups is 1. The van der Waals surface area contributed by atoms with Crippen LogP contribution in [0.3, 0.4) is 0 Å². The lowest BCUT2D eigenvalue weighted by Crippen LogP contribution is -2.42. The van der Waals surface area contributed by atoms with E-state index in [1.165, 1.54) is 12.8 Å². The van der Waals surface area contributed by atoms with Gasteiger partial charge >= 0.3 is 0 Å². The third kappa shape index (κ3) is 4.47. The Morgan fingerprint density at radius 2 is 2.25 bits per heavy atom. The fraction of sp³-hybridized carbons (Fsp3) is 0.909. The van der Waals surface area contributed by atoms with Gasteiger partial charge in [-0.2, -0.15) is 0 Å². The summed E-state index contributed by atoms with van der Waals surface area (Å²) in [6.45, 7) is 2.31. The molecule has 1 unspecified atom stereocenters. The molecule has 0 aromatic heterocycles. The molecule has 1 rings (SSSR count). The smallest absolute Gasteiger partial charge is 0.233 e. The number of nitrogens with zero attached hydrogens (tertiary/aromatic N) is 1. The van der Waals surface area contributed by atoms with Crippen molar-refractivity contribution in [3.8, 4) is 0 Å². The van der Waals surface area contributed by atoms with E-state index in [4.69, 9.17) is 5.84 Å². The third-order valence-electron chi connectivity index (χ3n) is 3.22. The number of hydrogen-bond acceptors (Lipinski definition) is 4. The first-order chi connectivity index (χ1) is 7.77. The summed E-state index contributed by atoms with van der Waals surface area (Å²) >= 11 is 0. The molecule has 0 radical (unpaired) electrons. The predicted octanol–water partition coefficient (Wildman–Crippen LogP) is -0.00660. The number of piperidine rings is 1. The van der Waals surface area contributed by atoms with Crippen molar-refractivity contribution in [2.75, 3.05) is 19.7 Å². The number of amides is 1. The lowest BCUT2D eigenvalue weighted by molar-refractivity contribution is -0.121. The maximum absolute atomic E-state index is 10.9. The van der Waals surface area contributed by atoms with E-state index in [1.807, 2.05) is 0 Å². The molecule has 5 nitrogen and oxygen atoms in total. The van der Waals surface area contributed by atoms with Crippen LogP contribution in [0.4, 0.5) is 0 Å². The molecule has 0 aromatic rings. The van der Waals surface area contributed by atoms with Crippen LogP contribution in [0.15, 0.2) is 0 Å². The Hall–Kier alpha value is -0.650. The maximum atomic E-state index is 10.9. The zero-order valence-corrected chi connectivity index (χ0v) is 9.82. The first-order valence-corrected chi connectivity index (χ1v) is 6.12. The minimum absolute atomic E-state index is 0.0997. The Kier molecular flexibility index (Phi) is 6.37. The monoisotopic (exact) mass is 229 g/mol. The number of likely N-dealkylation sites (tertiary alicyclic amines) is 1. The van der Waals surface area contributed by atoms with Gasteiger partial charge in [-0.15, -0.1) is 0 Å². The van der Waals surface area contributed by atoms with Crippen LogP contribution in [0, 0.1) is 0 Å². The number of rotatable bonds is 6. The summed E-state index contributed by atoms with van der Waals surface area (Å²) in [6.07, 6.45) is 5.88. The molecule has 16 heavy (non-hydrogen) atoms. The summed E-state index contributed by atoms with van der Waals surface area (Å²) in [5.41, 5.74) is 2.13. The Bertz CT molecular complexity index is 211. The van der Waals surface area contributed by atoms with Gasteiger partial charge in [-0.25, -0.2) is 5.84 Å². The second-order valence-electron chi connectivity index (χ2n) is 4.39. The van der Waals surface area contributed by atoms with E-state index in [0.717, 1.165) is 32.4 Å². The van der Waals surface area contributed by atoms with Crippen molar-refractivity contribution in [2.45, 2.75) is 44.6 Å². The molecule has 0 saturated carbocycles. The molecule has 5 heteroatoms. The van der Waals surface area contributed by atoms with Crippen LogP contribution in [-0.4, -0.2) is 41.7 Å². The van der Waals surface area contributed by atoms with E-state index >= 15 is 0 Å². The predicted molar refractivity (Wildman–Crippen MR) is 62.5 cm³/mol. The minimum atomic E-state index is -0.0997. The molecule has 1 heterocycles. The zero-order chi connectivity index (χ0) is 11.8. The number of nitrogens with two attached hydrogens (primary N) is 1. The van der Waals surface area contributed by atoms with E-state index in [-0.39, 0.29) is 12.5 Å². The molecular weight excluding hydrogens is 206 g/mol. The molecule has 1 aliphatic heterocycles. The highest BCUT2D eigenvalue weighted by Crippen LogP contribution is 2.17. The van der Waals surface area contributed by atoms with E-state index in [0.29, 0.717) is 12.5 Å². The molecule has 0 bridgehead atoms. The van der Waals surface area contributed by atoms with Crippen LogP contribution in [0.1, 0.15) is 38.5 Å². The molecule has 1 aliphatic rings. The van der Waals surface area contributed by atoms with Gasteiger partial charge in [0.1, 0.15) is 0 Å². The Morgan fingerprint density at radius 1 is 1.44 bits per heavy atom. The van der Waals surface area contributed by atoms with Crippen LogP contribution in [0.2, 0.25) is 0 Å². The number of carbonyl (C=O) groups is 1. The highest BCUT2D eigenvalue weighted by molar-refractivity contribution is 5.75. The molecule has 1 amide bonds. The van der Waals surface area contributed by atoms with Crippen molar-refractivity contribution in [3.63, 3.8) is 0 Å². The molecule has 1 fully saturated rings. The minimum Gasteiger partial charge on any atom is -0.395 e. The van der Waals surface area contributed by atoms with E-state index < -0.39 is 0 Å². The number of unbranched alkanes of at least 4 members (excludes halogenated alkanes) is 1. The van der Waals surface area contributed by atoms with Gasteiger partial charge in [-0.1, -0.05) is 6.42 Å². The van der Waals surface area contributed by atoms with Gasteiger partial charge < -0.3 is 5.11 Å². The number of hydrogen-bond donors (Lipinski definition) is 3. The van der Waals surface area contributed by atoms with Crippen LogP contribution in [0.25, 0.3) is 0 Å². The Morgan fingerprint density at radius 3 is 2.94 bits per heavy atom. The first-order valence-electron chi connectivity index (χ1n) is 6.12. The van der Waals surface area contributed by atoms with Gasteiger partial charge in [-0.3, -0.25) is 15.1 Å². The summed E-state index contributed by atoms with van der Waals surface area (Å²) in [5.74, 6) is 4.90. The maximum Gasteiger partial charge on any atom is 0.233 e. The van der Waals surface area contributed by atoms with Crippen LogP contribution < -0.4 is 11.3 Å². The van der Waals surface area contributed by atoms with Crippen molar-refractivity contribution in [1.29, 1.82) is 0 Å². The highest BCUT2D eigenvalue weighted by atomic mass is 16.3. The summed E-state index contributed by atoms with van der Waals surface area (Å²) in [5, 5.41) is 9.22. The lowest BCUT2D eigenvalue weighted by atomic mass is 10.0. The van der Waals surface area contributed by atoms with Crippen molar-refractivity contribution in [3.05, 3.63) is 0 Å². The molecule has 0 aromatic carbocycles. The average molecular weight is 229 g/mol. The van der Waals surface area contributed by atoms with Crippen LogP contribution in [0.5, 0.6) is 0 Å². The van der Waals surface area contributed by atoms with Crippen molar-refractivity contribution < 1.29 is 9.90 Å². The first kappa shape index (κ1) is 13.4. The van der Waals surface area contributed by atoms with E-state index in [9.17, 15) is 9.90 Å². The Balaban J connectivity index is 2.13. The van der Waals surface area contributed by atoms with Crippen molar-refractivity contribution in [2.24, 2.45) is 5.84 Å². The number of hydrazine groups is 1. The largest absolute Gasteiger partial charge is 0.395 e. The number of nitrogens with one attached hydrogen (secondary N) is 1. The summed E-state index contributed by atoms with van der Waals surface area (Å²) in [6, 6.07) is 0.331. The second kappa shape index (κ2) is 7.60. The quantitative estimate of drug-likeness (QED) is 0.259. The molecular formula is C11H23N3O2. The van der Waals surface area contributed by atoms with E-state index in [1.54, 1.807) is 0 Å². The second-order valence-corrected chi connectivity index (χ2v) is 4.39. The van der Waals surface area contributed by atoms with Gasteiger partial charge in [0.2, 0.25) is 5.91 Å². The zero-order valence-electron chi connectivity index (χ0n) is 9.82. The van der Waals surface area contributed by atoms with Crippen molar-refractivity contribution >= 4 is 5.91 Å². The molecule has 0 aliphatic carbocycles. The van der Waals surface area contributed by atoms with Gasteiger partial charge in [0.25, 0.3) is 0 Å². The van der Waals surface area contributed by atoms with Crippen molar-refractivity contribution in [1.82, 2.24) is 10.3 Å². The van der Waals surface area contributed by atoms with Gasteiger partial charge in [-0.05, 0) is 38.8 Å². The molecule has 1 atom stereocenters. The third-order valence-corrected chi connectivity index (χ3v) is 3.22. The Labute approximate surface area is 97.0 Å². The molecule has 4 N–H and O–H groups in total. The van der Waals surface area contributed by atoms with Gasteiger partial charge in [0.05, 0.1) is 6.61 Å². The van der Waals surface area contributed by atoms with Crippen LogP contribution in [-0.2, 0) is 4.79 Å². The summed E-state index contributed by atoms with van der Waals surface area (Å²) in [4.78, 5) is 13.2. The average Bonchev–Trinajstić information content (AvgIpc) is 2.34. The normalized spacial score (nSPS) is 22.0. The number of carbonyl (C=O) groups excluding carboxylic acids is 1. The van der Waals surface area contributed by atoms with E-state index in [2.05, 4.69) is 10.3 Å². The standard InChI is InChI=1S/C11H23N3O2/c12-13-11(16)6-2-4-8-14-7-3-1-5-10(14)9-15/h10,15H,1-9,12H2,(H,13,16). The lowest BCUT2D eigenvalue weighted by Gasteiger charge is -2.34. The number of aliphatic hydroxyl groups excluding tert-OH is 1. The topological polar surface area (TPSA) is 78.6 Å². The van der Waals surface area contributed by atoms with Gasteiger partial charge in [0, 0.05) is 12.5 Å². The van der Waals surface area contributed by atoms with Gasteiger partial charge in [0.15, 0.2) is 0 Å². The highest BCUT2D eigenvalue weighted by Gasteiger charge is 2.20. The SMILES string of the molecule is NNC(=O)CCCCN1CCCCC1CO. The summed E-state index contributed by atoms with van der Waals surface area (Å²) < 4.78 is 0.